The highest BCUT2D eigenvalue weighted by Gasteiger charge is 2.29. The summed E-state index contributed by atoms with van der Waals surface area (Å²) in [6.07, 6.45) is 2.95. The van der Waals surface area contributed by atoms with Crippen LogP contribution in [0, 0.1) is 6.92 Å². The third-order valence-electron chi connectivity index (χ3n) is 5.73. The normalized spacial score (nSPS) is 15.9. The van der Waals surface area contributed by atoms with Crippen molar-refractivity contribution in [2.45, 2.75) is 24.7 Å². The molecule has 0 radical (unpaired) electrons. The Kier molecular flexibility index (Phi) is 4.63. The molecule has 3 heterocycles. The predicted molar refractivity (Wildman–Crippen MR) is 121 cm³/mol. The molecule has 0 spiro atoms. The lowest BCUT2D eigenvalue weighted by molar-refractivity contribution is 0.602. The standard InChI is InChI=1S/C22H23N7O2S/c1-14-13-28(17-6-8-18(9-7-17)32(4,30)31)21-11-16(19-12-23-27(3)26-19)5-10-20(21)29-15(2)24-25-22(14)29/h5-12,14H,13H2,1-4H3. The maximum Gasteiger partial charge on any atom is 0.175 e. The lowest BCUT2D eigenvalue weighted by Crippen LogP contribution is -2.22. The Morgan fingerprint density at radius 2 is 1.78 bits per heavy atom. The molecule has 0 saturated carbocycles. The summed E-state index contributed by atoms with van der Waals surface area (Å²) in [5.74, 6) is 1.80. The monoisotopic (exact) mass is 449 g/mol. The van der Waals surface area contributed by atoms with E-state index in [2.05, 4.69) is 48.9 Å². The van der Waals surface area contributed by atoms with Gasteiger partial charge in [-0.05, 0) is 43.3 Å². The van der Waals surface area contributed by atoms with Gasteiger partial charge in [0, 0.05) is 37.0 Å². The first-order chi connectivity index (χ1) is 15.2. The van der Waals surface area contributed by atoms with E-state index in [1.54, 1.807) is 25.4 Å². The fourth-order valence-electron chi connectivity index (χ4n) is 4.13. The molecule has 0 bridgehead atoms. The largest absolute Gasteiger partial charge is 0.339 e. The van der Waals surface area contributed by atoms with Crippen LogP contribution in [0.25, 0.3) is 16.9 Å². The van der Waals surface area contributed by atoms with Crippen molar-refractivity contribution in [2.24, 2.45) is 7.05 Å². The molecule has 0 aliphatic carbocycles. The van der Waals surface area contributed by atoms with Crippen molar-refractivity contribution in [3.8, 4) is 16.9 Å². The fraction of sp³-hybridized carbons (Fsp3) is 0.273. The lowest BCUT2D eigenvalue weighted by Gasteiger charge is -2.27. The third-order valence-corrected chi connectivity index (χ3v) is 6.85. The number of hydrogen-bond acceptors (Lipinski definition) is 7. The number of rotatable bonds is 3. The summed E-state index contributed by atoms with van der Waals surface area (Å²) in [4.78, 5) is 4.03. The Hall–Kier alpha value is -3.53. The highest BCUT2D eigenvalue weighted by atomic mass is 32.2. The first kappa shape index (κ1) is 20.4. The maximum absolute atomic E-state index is 11.9. The van der Waals surface area contributed by atoms with Crippen molar-refractivity contribution < 1.29 is 8.42 Å². The van der Waals surface area contributed by atoms with Crippen molar-refractivity contribution in [1.29, 1.82) is 0 Å². The summed E-state index contributed by atoms with van der Waals surface area (Å²) in [5, 5.41) is 17.4. The van der Waals surface area contributed by atoms with Gasteiger partial charge in [0.25, 0.3) is 0 Å². The second kappa shape index (κ2) is 7.27. The number of sulfone groups is 1. The molecule has 32 heavy (non-hydrogen) atoms. The van der Waals surface area contributed by atoms with Gasteiger partial charge in [-0.3, -0.25) is 4.57 Å². The molecule has 0 amide bonds. The smallest absolute Gasteiger partial charge is 0.175 e. The van der Waals surface area contributed by atoms with Crippen molar-refractivity contribution >= 4 is 21.2 Å². The topological polar surface area (TPSA) is 98.8 Å². The van der Waals surface area contributed by atoms with Gasteiger partial charge < -0.3 is 4.90 Å². The third kappa shape index (κ3) is 3.36. The van der Waals surface area contributed by atoms with Crippen LogP contribution in [0.4, 0.5) is 11.4 Å². The molecule has 5 rings (SSSR count). The average Bonchev–Trinajstić information content (AvgIpc) is 3.33. The zero-order chi connectivity index (χ0) is 22.6. The first-order valence-corrected chi connectivity index (χ1v) is 12.1. The summed E-state index contributed by atoms with van der Waals surface area (Å²) >= 11 is 0. The van der Waals surface area contributed by atoms with Crippen LogP contribution in [0.1, 0.15) is 24.5 Å². The zero-order valence-corrected chi connectivity index (χ0v) is 19.1. The van der Waals surface area contributed by atoms with E-state index in [1.165, 1.54) is 11.1 Å². The van der Waals surface area contributed by atoms with Gasteiger partial charge in [-0.25, -0.2) is 8.42 Å². The molecule has 0 fully saturated rings. The van der Waals surface area contributed by atoms with E-state index in [-0.39, 0.29) is 5.92 Å². The number of aryl methyl sites for hydroxylation is 2. The Bertz CT molecular complexity index is 1420. The second-order valence-electron chi connectivity index (χ2n) is 8.14. The van der Waals surface area contributed by atoms with E-state index >= 15 is 0 Å². The molecule has 9 nitrogen and oxygen atoms in total. The summed E-state index contributed by atoms with van der Waals surface area (Å²) < 4.78 is 26.0. The lowest BCUT2D eigenvalue weighted by atomic mass is 10.1. The van der Waals surface area contributed by atoms with E-state index in [0.717, 1.165) is 40.0 Å². The van der Waals surface area contributed by atoms with Crippen LogP contribution in [-0.4, -0.2) is 51.0 Å². The van der Waals surface area contributed by atoms with Gasteiger partial charge >= 0.3 is 0 Å². The van der Waals surface area contributed by atoms with Crippen LogP contribution < -0.4 is 4.90 Å². The molecule has 1 aliphatic heterocycles. The van der Waals surface area contributed by atoms with Crippen LogP contribution in [0.2, 0.25) is 0 Å². The zero-order valence-electron chi connectivity index (χ0n) is 18.3. The Labute approximate surface area is 186 Å². The Balaban J connectivity index is 1.71. The molecular formula is C22H23N7O2S. The van der Waals surface area contributed by atoms with Crippen molar-refractivity contribution in [3.05, 3.63) is 60.3 Å². The summed E-state index contributed by atoms with van der Waals surface area (Å²) in [6.45, 7) is 4.72. The van der Waals surface area contributed by atoms with Gasteiger partial charge in [-0.1, -0.05) is 13.0 Å². The fourth-order valence-corrected chi connectivity index (χ4v) is 4.76. The molecule has 1 atom stereocenters. The van der Waals surface area contributed by atoms with Crippen LogP contribution in [0.15, 0.2) is 53.6 Å². The van der Waals surface area contributed by atoms with E-state index < -0.39 is 9.84 Å². The van der Waals surface area contributed by atoms with E-state index in [4.69, 9.17) is 0 Å². The molecule has 10 heteroatoms. The van der Waals surface area contributed by atoms with E-state index in [9.17, 15) is 8.42 Å². The minimum absolute atomic E-state index is 0.0955. The Morgan fingerprint density at radius 3 is 2.44 bits per heavy atom. The second-order valence-corrected chi connectivity index (χ2v) is 10.2. The van der Waals surface area contributed by atoms with Gasteiger partial charge in [0.05, 0.1) is 22.5 Å². The number of hydrogen-bond donors (Lipinski definition) is 0. The highest BCUT2D eigenvalue weighted by molar-refractivity contribution is 7.90. The molecule has 0 saturated heterocycles. The average molecular weight is 450 g/mol. The van der Waals surface area contributed by atoms with Gasteiger partial charge in [0.1, 0.15) is 17.3 Å². The Morgan fingerprint density at radius 1 is 1.03 bits per heavy atom. The molecule has 0 N–H and O–H groups in total. The van der Waals surface area contributed by atoms with Crippen molar-refractivity contribution in [1.82, 2.24) is 29.8 Å². The minimum Gasteiger partial charge on any atom is -0.339 e. The predicted octanol–water partition coefficient (Wildman–Crippen LogP) is 3.03. The van der Waals surface area contributed by atoms with Crippen LogP contribution >= 0.6 is 0 Å². The number of fused-ring (bicyclic) bond motifs is 3. The van der Waals surface area contributed by atoms with Crippen LogP contribution in [-0.2, 0) is 16.9 Å². The number of benzene rings is 2. The SMILES string of the molecule is Cc1nnc2n1-c1ccc(-c3cnn(C)n3)cc1N(c1ccc(S(C)(=O)=O)cc1)CC2C. The summed E-state index contributed by atoms with van der Waals surface area (Å²) in [6, 6.07) is 13.2. The summed E-state index contributed by atoms with van der Waals surface area (Å²) in [7, 11) is -1.48. The molecule has 4 aromatic rings. The van der Waals surface area contributed by atoms with Crippen molar-refractivity contribution in [3.63, 3.8) is 0 Å². The molecule has 1 aliphatic rings. The highest BCUT2D eigenvalue weighted by Crippen LogP contribution is 2.40. The molecule has 2 aromatic carbocycles. The van der Waals surface area contributed by atoms with Gasteiger partial charge in [0.15, 0.2) is 9.84 Å². The number of aromatic nitrogens is 6. The van der Waals surface area contributed by atoms with E-state index in [1.807, 2.05) is 25.1 Å². The van der Waals surface area contributed by atoms with Crippen LogP contribution in [0.3, 0.4) is 0 Å². The van der Waals surface area contributed by atoms with Crippen LogP contribution in [0.5, 0.6) is 0 Å². The molecular weight excluding hydrogens is 426 g/mol. The summed E-state index contributed by atoms with van der Waals surface area (Å²) in [5.41, 5.74) is 4.55. The quantitative estimate of drug-likeness (QED) is 0.474. The minimum atomic E-state index is -3.27. The van der Waals surface area contributed by atoms with E-state index in [0.29, 0.717) is 11.4 Å². The maximum atomic E-state index is 11.9. The van der Waals surface area contributed by atoms with Gasteiger partial charge in [-0.2, -0.15) is 15.0 Å². The molecule has 164 valence electrons. The number of anilines is 2. The molecule has 1 unspecified atom stereocenters. The van der Waals surface area contributed by atoms with Gasteiger partial charge in [0.2, 0.25) is 0 Å². The van der Waals surface area contributed by atoms with Crippen molar-refractivity contribution in [2.75, 3.05) is 17.7 Å². The van der Waals surface area contributed by atoms with Gasteiger partial charge in [-0.15, -0.1) is 10.2 Å². The first-order valence-electron chi connectivity index (χ1n) is 10.2. The molecule has 2 aromatic heterocycles. The number of nitrogens with zero attached hydrogens (tertiary/aromatic N) is 7.